The standard InChI is InChI=1S/C19H23F2N5O/c1-10(2)17(19(4,20)21)23-18(27)16-13-8-12(6-7-14(13)24-25-16)15-9-22-11(3)26(15)5/h6-10,17H,1-5H3,(H,23,27)(H,24,25)/t17-/m0/s1. The van der Waals surface area contributed by atoms with E-state index in [2.05, 4.69) is 20.5 Å². The van der Waals surface area contributed by atoms with Crippen molar-refractivity contribution in [3.05, 3.63) is 35.9 Å². The van der Waals surface area contributed by atoms with Crippen LogP contribution < -0.4 is 5.32 Å². The topological polar surface area (TPSA) is 75.6 Å². The van der Waals surface area contributed by atoms with Crippen LogP contribution in [0.4, 0.5) is 8.78 Å². The van der Waals surface area contributed by atoms with Gasteiger partial charge in [-0.2, -0.15) is 5.10 Å². The second-order valence-electron chi connectivity index (χ2n) is 7.23. The third kappa shape index (κ3) is 3.56. The molecule has 0 bridgehead atoms. The van der Waals surface area contributed by atoms with Crippen molar-refractivity contribution in [2.24, 2.45) is 13.0 Å². The average Bonchev–Trinajstić information content (AvgIpc) is 3.14. The minimum atomic E-state index is -3.03. The van der Waals surface area contributed by atoms with Crippen LogP contribution in [-0.4, -0.2) is 37.6 Å². The number of nitrogens with zero attached hydrogens (tertiary/aromatic N) is 3. The minimum Gasteiger partial charge on any atom is -0.342 e. The van der Waals surface area contributed by atoms with Gasteiger partial charge in [-0.3, -0.25) is 9.89 Å². The third-order valence-electron chi connectivity index (χ3n) is 4.79. The summed E-state index contributed by atoms with van der Waals surface area (Å²) in [5.74, 6) is -3.22. The molecule has 0 saturated heterocycles. The molecule has 0 unspecified atom stereocenters. The van der Waals surface area contributed by atoms with E-state index in [1.807, 2.05) is 36.7 Å². The Labute approximate surface area is 156 Å². The van der Waals surface area contributed by atoms with Crippen LogP contribution >= 0.6 is 0 Å². The van der Waals surface area contributed by atoms with Crippen molar-refractivity contribution in [2.45, 2.75) is 39.7 Å². The number of aromatic amines is 1. The molecule has 2 aromatic heterocycles. The molecular weight excluding hydrogens is 352 g/mol. The molecule has 6 nitrogen and oxygen atoms in total. The summed E-state index contributed by atoms with van der Waals surface area (Å²) < 4.78 is 29.6. The number of nitrogens with one attached hydrogen (secondary N) is 2. The van der Waals surface area contributed by atoms with Crippen molar-refractivity contribution >= 4 is 16.8 Å². The Bertz CT molecular complexity index is 984. The first-order chi connectivity index (χ1) is 12.6. The number of H-pyrrole nitrogens is 1. The van der Waals surface area contributed by atoms with E-state index in [1.165, 1.54) is 0 Å². The fraction of sp³-hybridized carbons (Fsp3) is 0.421. The molecule has 2 N–H and O–H groups in total. The van der Waals surface area contributed by atoms with E-state index in [0.29, 0.717) is 10.9 Å². The molecule has 3 aromatic rings. The van der Waals surface area contributed by atoms with E-state index >= 15 is 0 Å². The molecule has 0 aliphatic rings. The quantitative estimate of drug-likeness (QED) is 0.714. The largest absolute Gasteiger partial charge is 0.342 e. The third-order valence-corrected chi connectivity index (χ3v) is 4.79. The maximum atomic E-state index is 13.8. The predicted octanol–water partition coefficient (Wildman–Crippen LogP) is 3.68. The van der Waals surface area contributed by atoms with Gasteiger partial charge in [-0.25, -0.2) is 13.8 Å². The summed E-state index contributed by atoms with van der Waals surface area (Å²) in [6.07, 6.45) is 1.75. The van der Waals surface area contributed by atoms with Gasteiger partial charge in [0.1, 0.15) is 5.82 Å². The molecule has 27 heavy (non-hydrogen) atoms. The van der Waals surface area contributed by atoms with Crippen molar-refractivity contribution in [1.29, 1.82) is 0 Å². The number of alkyl halides is 2. The molecule has 0 aliphatic heterocycles. The summed E-state index contributed by atoms with van der Waals surface area (Å²) in [6, 6.07) is 4.25. The zero-order valence-corrected chi connectivity index (χ0v) is 16.0. The van der Waals surface area contributed by atoms with Crippen LogP contribution in [0.2, 0.25) is 0 Å². The number of hydrogen-bond acceptors (Lipinski definition) is 3. The lowest BCUT2D eigenvalue weighted by molar-refractivity contribution is -0.0313. The molecule has 144 valence electrons. The van der Waals surface area contributed by atoms with Crippen LogP contribution in [0.15, 0.2) is 24.4 Å². The smallest absolute Gasteiger partial charge is 0.272 e. The summed E-state index contributed by atoms with van der Waals surface area (Å²) >= 11 is 0. The lowest BCUT2D eigenvalue weighted by Gasteiger charge is -2.27. The molecule has 1 amide bonds. The number of aromatic nitrogens is 4. The van der Waals surface area contributed by atoms with Crippen LogP contribution in [0.25, 0.3) is 22.2 Å². The van der Waals surface area contributed by atoms with Crippen molar-refractivity contribution in [1.82, 2.24) is 25.1 Å². The molecule has 0 fully saturated rings. The van der Waals surface area contributed by atoms with Crippen LogP contribution in [0.1, 0.15) is 37.1 Å². The Kier molecular flexibility index (Phi) is 4.75. The SMILES string of the molecule is Cc1ncc(-c2ccc3[nH]nc(C(=O)N[C@@H](C(C)C)C(C)(F)F)c3c2)n1C. The first-order valence-electron chi connectivity index (χ1n) is 8.75. The van der Waals surface area contributed by atoms with Crippen molar-refractivity contribution < 1.29 is 13.6 Å². The maximum Gasteiger partial charge on any atom is 0.272 e. The van der Waals surface area contributed by atoms with Gasteiger partial charge >= 0.3 is 0 Å². The van der Waals surface area contributed by atoms with Gasteiger partial charge in [0, 0.05) is 24.9 Å². The van der Waals surface area contributed by atoms with E-state index in [9.17, 15) is 13.6 Å². The molecular formula is C19H23F2N5O. The molecule has 1 aromatic carbocycles. The van der Waals surface area contributed by atoms with Gasteiger partial charge < -0.3 is 9.88 Å². The number of imidazole rings is 1. The lowest BCUT2D eigenvalue weighted by atomic mass is 9.98. The maximum absolute atomic E-state index is 13.8. The van der Waals surface area contributed by atoms with E-state index < -0.39 is 23.8 Å². The Morgan fingerprint density at radius 1 is 1.33 bits per heavy atom. The van der Waals surface area contributed by atoms with Crippen molar-refractivity contribution in [3.63, 3.8) is 0 Å². The summed E-state index contributed by atoms with van der Waals surface area (Å²) in [7, 11) is 1.90. The van der Waals surface area contributed by atoms with Crippen LogP contribution in [0.5, 0.6) is 0 Å². The van der Waals surface area contributed by atoms with Gasteiger partial charge in [0.25, 0.3) is 11.8 Å². The number of carbonyl (C=O) groups is 1. The Hall–Kier alpha value is -2.77. The fourth-order valence-electron chi connectivity index (χ4n) is 3.20. The second-order valence-corrected chi connectivity index (χ2v) is 7.23. The number of halogens is 2. The average molecular weight is 375 g/mol. The number of hydrogen-bond donors (Lipinski definition) is 2. The fourth-order valence-corrected chi connectivity index (χ4v) is 3.20. The van der Waals surface area contributed by atoms with E-state index in [4.69, 9.17) is 0 Å². The Morgan fingerprint density at radius 2 is 2.04 bits per heavy atom. The normalized spacial score (nSPS) is 13.3. The van der Waals surface area contributed by atoms with Crippen molar-refractivity contribution in [3.8, 4) is 11.3 Å². The van der Waals surface area contributed by atoms with Gasteiger partial charge in [-0.15, -0.1) is 0 Å². The summed E-state index contributed by atoms with van der Waals surface area (Å²) in [5.41, 5.74) is 2.51. The monoisotopic (exact) mass is 375 g/mol. The number of rotatable bonds is 5. The van der Waals surface area contributed by atoms with E-state index in [1.54, 1.807) is 20.0 Å². The first-order valence-corrected chi connectivity index (χ1v) is 8.75. The summed E-state index contributed by atoms with van der Waals surface area (Å²) in [6.45, 7) is 6.00. The molecule has 2 heterocycles. The van der Waals surface area contributed by atoms with Gasteiger partial charge in [-0.1, -0.05) is 19.9 Å². The molecule has 0 saturated carbocycles. The number of aryl methyl sites for hydroxylation is 1. The zero-order valence-electron chi connectivity index (χ0n) is 16.0. The highest BCUT2D eigenvalue weighted by molar-refractivity contribution is 6.05. The highest BCUT2D eigenvalue weighted by Gasteiger charge is 2.38. The number of fused-ring (bicyclic) bond motifs is 1. The predicted molar refractivity (Wildman–Crippen MR) is 99.7 cm³/mol. The van der Waals surface area contributed by atoms with E-state index in [0.717, 1.165) is 24.0 Å². The highest BCUT2D eigenvalue weighted by atomic mass is 19.3. The minimum absolute atomic E-state index is 0.0978. The molecule has 0 aliphatic carbocycles. The van der Waals surface area contributed by atoms with Gasteiger partial charge in [0.15, 0.2) is 5.69 Å². The molecule has 1 atom stereocenters. The first kappa shape index (κ1) is 19.0. The number of amides is 1. The highest BCUT2D eigenvalue weighted by Crippen LogP contribution is 2.27. The van der Waals surface area contributed by atoms with Gasteiger partial charge in [-0.05, 0) is 25.0 Å². The second kappa shape index (κ2) is 6.75. The summed E-state index contributed by atoms with van der Waals surface area (Å²) in [5, 5.41) is 9.85. The van der Waals surface area contributed by atoms with Crippen molar-refractivity contribution in [2.75, 3.05) is 0 Å². The molecule has 0 radical (unpaired) electrons. The molecule has 3 rings (SSSR count). The Balaban J connectivity index is 1.99. The van der Waals surface area contributed by atoms with Crippen LogP contribution in [-0.2, 0) is 7.05 Å². The molecule has 0 spiro atoms. The number of benzene rings is 1. The lowest BCUT2D eigenvalue weighted by Crippen LogP contribution is -2.49. The van der Waals surface area contributed by atoms with E-state index in [-0.39, 0.29) is 5.69 Å². The molecule has 8 heteroatoms. The zero-order chi connectivity index (χ0) is 19.9. The van der Waals surface area contributed by atoms with Crippen LogP contribution in [0, 0.1) is 12.8 Å². The number of carbonyl (C=O) groups excluding carboxylic acids is 1. The van der Waals surface area contributed by atoms with Gasteiger partial charge in [0.2, 0.25) is 0 Å². The Morgan fingerprint density at radius 3 is 2.59 bits per heavy atom. The summed E-state index contributed by atoms with van der Waals surface area (Å²) in [4.78, 5) is 16.9. The van der Waals surface area contributed by atoms with Crippen LogP contribution in [0.3, 0.4) is 0 Å². The van der Waals surface area contributed by atoms with Gasteiger partial charge in [0.05, 0.1) is 23.4 Å².